The standard InChI is InChI=1S/C12H24N.C10H19N.Rh/c1-9(2)12-6-11(5)7-13(8-12)10(3)4;1-8(2)10-5-6-11(7-10)9(3)4;/h10-12H,6-8H2,1-5H3;9H,5-7H2,1-4H3;/q-1;;. The Morgan fingerprint density at radius 1 is 1.00 bits per heavy atom. The number of hydrogen-bond acceptors (Lipinski definition) is 2. The summed E-state index contributed by atoms with van der Waals surface area (Å²) in [6.07, 6.45) is 2.69. The summed E-state index contributed by atoms with van der Waals surface area (Å²) in [5, 5.41) is 0. The molecule has 3 heteroatoms. The Kier molecular flexibility index (Phi) is 12.0. The third-order valence-corrected chi connectivity index (χ3v) is 5.77. The van der Waals surface area contributed by atoms with Gasteiger partial charge in [0.1, 0.15) is 0 Å². The van der Waals surface area contributed by atoms with Crippen LogP contribution in [0.4, 0.5) is 0 Å². The van der Waals surface area contributed by atoms with E-state index >= 15 is 0 Å². The van der Waals surface area contributed by atoms with E-state index in [4.69, 9.17) is 0 Å². The van der Waals surface area contributed by atoms with Crippen LogP contribution in [0.1, 0.15) is 75.2 Å². The number of allylic oxidation sites excluding steroid dienone is 1. The maximum atomic E-state index is 2.62. The van der Waals surface area contributed by atoms with Gasteiger partial charge in [0, 0.05) is 51.2 Å². The SMILES string of the molecule is CC(C)=C1CCN(C(C)C)C1.C[C-](C)C1CC(C)CN(C(C)C)C1.[Rh]. The van der Waals surface area contributed by atoms with Crippen LogP contribution in [0.3, 0.4) is 0 Å². The fraction of sp³-hybridized carbons (Fsp3) is 0.864. The van der Waals surface area contributed by atoms with Crippen LogP contribution in [-0.4, -0.2) is 48.1 Å². The molecule has 2 nitrogen and oxygen atoms in total. The van der Waals surface area contributed by atoms with E-state index in [0.717, 1.165) is 11.8 Å². The molecule has 0 N–H and O–H groups in total. The summed E-state index contributed by atoms with van der Waals surface area (Å²) in [4.78, 5) is 5.15. The van der Waals surface area contributed by atoms with E-state index in [2.05, 4.69) is 72.1 Å². The minimum atomic E-state index is 0. The second-order valence-electron chi connectivity index (χ2n) is 9.08. The maximum absolute atomic E-state index is 2.62. The molecule has 2 heterocycles. The van der Waals surface area contributed by atoms with Gasteiger partial charge < -0.3 is 10.8 Å². The van der Waals surface area contributed by atoms with Crippen molar-refractivity contribution in [2.75, 3.05) is 26.2 Å². The molecule has 2 fully saturated rings. The molecule has 2 aliphatic heterocycles. The van der Waals surface area contributed by atoms with Crippen LogP contribution in [0.5, 0.6) is 0 Å². The summed E-state index contributed by atoms with van der Waals surface area (Å²) in [6.45, 7) is 25.6. The summed E-state index contributed by atoms with van der Waals surface area (Å²) < 4.78 is 0. The van der Waals surface area contributed by atoms with Crippen LogP contribution in [0.15, 0.2) is 11.1 Å². The average molecular weight is 439 g/mol. The third-order valence-electron chi connectivity index (χ3n) is 5.77. The number of piperidine rings is 1. The minimum absolute atomic E-state index is 0. The minimum Gasteiger partial charge on any atom is -0.315 e. The van der Waals surface area contributed by atoms with Gasteiger partial charge >= 0.3 is 0 Å². The zero-order chi connectivity index (χ0) is 18.4. The Labute approximate surface area is 171 Å². The van der Waals surface area contributed by atoms with Crippen molar-refractivity contribution in [2.24, 2.45) is 11.8 Å². The van der Waals surface area contributed by atoms with Gasteiger partial charge in [0.2, 0.25) is 0 Å². The Hall–Kier alpha value is 0.283. The van der Waals surface area contributed by atoms with Gasteiger partial charge in [-0.3, -0.25) is 4.90 Å². The van der Waals surface area contributed by atoms with Gasteiger partial charge in [0.05, 0.1) is 0 Å². The van der Waals surface area contributed by atoms with Crippen molar-refractivity contribution in [3.8, 4) is 0 Å². The summed E-state index contributed by atoms with van der Waals surface area (Å²) in [5.74, 6) is 3.32. The summed E-state index contributed by atoms with van der Waals surface area (Å²) in [6, 6.07) is 1.43. The molecule has 151 valence electrons. The fourth-order valence-corrected chi connectivity index (χ4v) is 3.76. The summed E-state index contributed by atoms with van der Waals surface area (Å²) >= 11 is 0. The molecule has 2 unspecified atom stereocenters. The number of hydrogen-bond donors (Lipinski definition) is 0. The molecule has 2 rings (SSSR count). The van der Waals surface area contributed by atoms with Crippen LogP contribution >= 0.6 is 0 Å². The van der Waals surface area contributed by atoms with Crippen molar-refractivity contribution in [1.82, 2.24) is 9.80 Å². The molecule has 0 amide bonds. The van der Waals surface area contributed by atoms with Crippen molar-refractivity contribution in [2.45, 2.75) is 87.2 Å². The molecule has 25 heavy (non-hydrogen) atoms. The zero-order valence-corrected chi connectivity index (χ0v) is 19.9. The largest absolute Gasteiger partial charge is 0.315 e. The Morgan fingerprint density at radius 2 is 1.56 bits per heavy atom. The Morgan fingerprint density at radius 3 is 1.92 bits per heavy atom. The first-order valence-corrected chi connectivity index (χ1v) is 10.0. The van der Waals surface area contributed by atoms with E-state index < -0.39 is 0 Å². The molecule has 0 spiro atoms. The number of rotatable bonds is 3. The second-order valence-corrected chi connectivity index (χ2v) is 9.08. The van der Waals surface area contributed by atoms with Crippen LogP contribution in [0.2, 0.25) is 0 Å². The van der Waals surface area contributed by atoms with E-state index in [9.17, 15) is 0 Å². The summed E-state index contributed by atoms with van der Waals surface area (Å²) in [5.41, 5.74) is 3.17. The second kappa shape index (κ2) is 11.9. The summed E-state index contributed by atoms with van der Waals surface area (Å²) in [7, 11) is 0. The first-order valence-electron chi connectivity index (χ1n) is 10.0. The van der Waals surface area contributed by atoms with Crippen LogP contribution in [0, 0.1) is 17.8 Å². The molecule has 0 saturated carbocycles. The first kappa shape index (κ1) is 25.3. The van der Waals surface area contributed by atoms with Gasteiger partial charge in [-0.15, -0.1) is 0 Å². The molecule has 2 atom stereocenters. The van der Waals surface area contributed by atoms with Gasteiger partial charge in [0.25, 0.3) is 0 Å². The molecule has 2 aliphatic rings. The van der Waals surface area contributed by atoms with Crippen LogP contribution < -0.4 is 0 Å². The van der Waals surface area contributed by atoms with E-state index in [1.54, 1.807) is 11.5 Å². The van der Waals surface area contributed by atoms with Crippen molar-refractivity contribution in [3.63, 3.8) is 0 Å². The third kappa shape index (κ3) is 8.67. The van der Waals surface area contributed by atoms with Gasteiger partial charge in [0.15, 0.2) is 0 Å². The number of nitrogens with zero attached hydrogens (tertiary/aromatic N) is 2. The maximum Gasteiger partial charge on any atom is 0.0198 e. The molecule has 0 aromatic carbocycles. The topological polar surface area (TPSA) is 6.48 Å². The molecule has 0 bridgehead atoms. The van der Waals surface area contributed by atoms with Gasteiger partial charge in [-0.05, 0) is 60.4 Å². The van der Waals surface area contributed by atoms with Crippen molar-refractivity contribution in [3.05, 3.63) is 17.1 Å². The Balaban J connectivity index is 0.000000449. The predicted molar refractivity (Wildman–Crippen MR) is 108 cm³/mol. The van der Waals surface area contributed by atoms with Gasteiger partial charge in [-0.25, -0.2) is 0 Å². The Bertz CT molecular complexity index is 381. The van der Waals surface area contributed by atoms with E-state index in [0.29, 0.717) is 12.1 Å². The van der Waals surface area contributed by atoms with Gasteiger partial charge in [-0.2, -0.15) is 19.8 Å². The quantitative estimate of drug-likeness (QED) is 0.331. The van der Waals surface area contributed by atoms with E-state index in [1.165, 1.54) is 44.6 Å². The van der Waals surface area contributed by atoms with E-state index in [-0.39, 0.29) is 19.5 Å². The van der Waals surface area contributed by atoms with Crippen molar-refractivity contribution >= 4 is 0 Å². The smallest absolute Gasteiger partial charge is 0.0198 e. The molecular weight excluding hydrogens is 395 g/mol. The molecule has 2 saturated heterocycles. The monoisotopic (exact) mass is 438 g/mol. The molecular formula is C22H43N2Rh-. The molecule has 1 radical (unpaired) electrons. The molecule has 0 aromatic rings. The average Bonchev–Trinajstić information content (AvgIpc) is 2.97. The first-order chi connectivity index (χ1) is 11.1. The molecule has 0 aromatic heterocycles. The van der Waals surface area contributed by atoms with Gasteiger partial charge in [-0.1, -0.05) is 24.5 Å². The number of likely N-dealkylation sites (tertiary alicyclic amines) is 2. The van der Waals surface area contributed by atoms with Crippen molar-refractivity contribution < 1.29 is 19.5 Å². The van der Waals surface area contributed by atoms with Crippen LogP contribution in [-0.2, 0) is 19.5 Å². The molecule has 0 aliphatic carbocycles. The normalized spacial score (nSPS) is 25.2. The predicted octanol–water partition coefficient (Wildman–Crippen LogP) is 5.40. The van der Waals surface area contributed by atoms with Crippen LogP contribution in [0.25, 0.3) is 0 Å². The van der Waals surface area contributed by atoms with E-state index in [1.807, 2.05) is 0 Å². The zero-order valence-electron chi connectivity index (χ0n) is 18.3. The van der Waals surface area contributed by atoms with Crippen molar-refractivity contribution in [1.29, 1.82) is 0 Å². The fourth-order valence-electron chi connectivity index (χ4n) is 3.76.